The van der Waals surface area contributed by atoms with Gasteiger partial charge < -0.3 is 9.72 Å². The van der Waals surface area contributed by atoms with Gasteiger partial charge in [0.05, 0.1) is 12.3 Å². The molecule has 0 fully saturated rings. The van der Waals surface area contributed by atoms with E-state index < -0.39 is 0 Å². The summed E-state index contributed by atoms with van der Waals surface area (Å²) in [7, 11) is 0. The lowest BCUT2D eigenvalue weighted by molar-refractivity contribution is 0.340. The van der Waals surface area contributed by atoms with E-state index in [4.69, 9.17) is 4.74 Å². The van der Waals surface area contributed by atoms with Crippen LogP contribution in [0.25, 0.3) is 0 Å². The van der Waals surface area contributed by atoms with Gasteiger partial charge in [-0.25, -0.2) is 4.98 Å². The van der Waals surface area contributed by atoms with Crippen LogP contribution >= 0.6 is 11.8 Å². The molecule has 0 aliphatic heterocycles. The summed E-state index contributed by atoms with van der Waals surface area (Å²) in [5, 5.41) is 0.681. The number of nitrogens with one attached hydrogen (secondary N) is 1. The minimum absolute atomic E-state index is 0.0374. The fourth-order valence-corrected chi connectivity index (χ4v) is 2.76. The normalized spacial score (nSPS) is 10.7. The zero-order valence-electron chi connectivity index (χ0n) is 13.3. The van der Waals surface area contributed by atoms with E-state index in [0.29, 0.717) is 18.2 Å². The average molecular weight is 318 g/mol. The summed E-state index contributed by atoms with van der Waals surface area (Å²) in [5.41, 5.74) is 2.68. The first-order chi connectivity index (χ1) is 10.7. The first-order valence-electron chi connectivity index (χ1n) is 7.55. The van der Waals surface area contributed by atoms with Gasteiger partial charge >= 0.3 is 0 Å². The smallest absolute Gasteiger partial charge is 0.255 e. The van der Waals surface area contributed by atoms with Crippen LogP contribution in [0.4, 0.5) is 0 Å². The van der Waals surface area contributed by atoms with Crippen molar-refractivity contribution in [2.24, 2.45) is 0 Å². The summed E-state index contributed by atoms with van der Waals surface area (Å²) in [4.78, 5) is 19.8. The fraction of sp³-hybridized carbons (Fsp3) is 0.412. The van der Waals surface area contributed by atoms with Crippen LogP contribution in [0.15, 0.2) is 34.2 Å². The van der Waals surface area contributed by atoms with Gasteiger partial charge in [-0.3, -0.25) is 4.79 Å². The van der Waals surface area contributed by atoms with E-state index in [0.717, 1.165) is 35.4 Å². The molecule has 1 aromatic carbocycles. The Bertz CT molecular complexity index is 683. The topological polar surface area (TPSA) is 55.0 Å². The van der Waals surface area contributed by atoms with E-state index >= 15 is 0 Å². The number of ether oxygens (including phenoxy) is 1. The molecular formula is C17H22N2O2S. The number of nitrogens with zero attached hydrogens (tertiary/aromatic N) is 1. The lowest BCUT2D eigenvalue weighted by Gasteiger charge is -2.10. The maximum absolute atomic E-state index is 12.4. The molecule has 1 aromatic heterocycles. The maximum Gasteiger partial charge on any atom is 0.255 e. The third-order valence-corrected chi connectivity index (χ3v) is 3.93. The highest BCUT2D eigenvalue weighted by Crippen LogP contribution is 2.18. The molecule has 0 saturated carbocycles. The summed E-state index contributed by atoms with van der Waals surface area (Å²) < 4.78 is 5.52. The SMILES string of the molecule is CCCc1nc(SC)[nH]c(=O)c1Cc1cccc(OCC)c1. The minimum Gasteiger partial charge on any atom is -0.494 e. The van der Waals surface area contributed by atoms with Crippen molar-refractivity contribution >= 4 is 11.8 Å². The van der Waals surface area contributed by atoms with Crippen molar-refractivity contribution in [1.29, 1.82) is 0 Å². The third kappa shape index (κ3) is 4.13. The van der Waals surface area contributed by atoms with E-state index in [1.165, 1.54) is 11.8 Å². The number of rotatable bonds is 7. The molecule has 0 unspecified atom stereocenters. The molecule has 0 radical (unpaired) electrons. The number of aromatic amines is 1. The van der Waals surface area contributed by atoms with Crippen LogP contribution in [0.3, 0.4) is 0 Å². The molecule has 0 aliphatic carbocycles. The quantitative estimate of drug-likeness (QED) is 0.628. The summed E-state index contributed by atoms with van der Waals surface area (Å²) in [6.07, 6.45) is 4.28. The molecule has 4 nitrogen and oxygen atoms in total. The average Bonchev–Trinajstić information content (AvgIpc) is 2.51. The number of hydrogen-bond acceptors (Lipinski definition) is 4. The van der Waals surface area contributed by atoms with Crippen molar-refractivity contribution in [3.05, 3.63) is 51.4 Å². The summed E-state index contributed by atoms with van der Waals surface area (Å²) in [5.74, 6) is 0.835. The first kappa shape index (κ1) is 16.6. The molecule has 5 heteroatoms. The van der Waals surface area contributed by atoms with Gasteiger partial charge in [0.1, 0.15) is 5.75 Å². The number of H-pyrrole nitrogens is 1. The Kier molecular flexibility index (Phi) is 6.07. The fourth-order valence-electron chi connectivity index (χ4n) is 2.36. The summed E-state index contributed by atoms with van der Waals surface area (Å²) in [6, 6.07) is 7.89. The van der Waals surface area contributed by atoms with Gasteiger partial charge in [-0.15, -0.1) is 0 Å². The van der Waals surface area contributed by atoms with Gasteiger partial charge in [0, 0.05) is 12.0 Å². The van der Waals surface area contributed by atoms with Crippen LogP contribution in [-0.4, -0.2) is 22.8 Å². The van der Waals surface area contributed by atoms with E-state index in [1.807, 2.05) is 37.4 Å². The second kappa shape index (κ2) is 8.03. The molecular weight excluding hydrogens is 296 g/mol. The largest absolute Gasteiger partial charge is 0.494 e. The Labute approximate surface area is 135 Å². The number of thioether (sulfide) groups is 1. The molecule has 118 valence electrons. The standard InChI is InChI=1S/C17H22N2O2S/c1-4-7-15-14(16(20)19-17(18-15)22-3)11-12-8-6-9-13(10-12)21-5-2/h6,8-10H,4-5,7,11H2,1-3H3,(H,18,19,20). The highest BCUT2D eigenvalue weighted by molar-refractivity contribution is 7.98. The van der Waals surface area contributed by atoms with Crippen molar-refractivity contribution in [2.75, 3.05) is 12.9 Å². The van der Waals surface area contributed by atoms with Crippen molar-refractivity contribution in [2.45, 2.75) is 38.3 Å². The number of benzene rings is 1. The molecule has 2 rings (SSSR count). The van der Waals surface area contributed by atoms with Gasteiger partial charge in [0.2, 0.25) is 0 Å². The molecule has 22 heavy (non-hydrogen) atoms. The second-order valence-electron chi connectivity index (χ2n) is 5.01. The molecule has 1 N–H and O–H groups in total. The molecule has 0 bridgehead atoms. The van der Waals surface area contributed by atoms with Gasteiger partial charge in [0.25, 0.3) is 5.56 Å². The van der Waals surface area contributed by atoms with E-state index in [9.17, 15) is 4.79 Å². The first-order valence-corrected chi connectivity index (χ1v) is 8.78. The third-order valence-electron chi connectivity index (χ3n) is 3.35. The Morgan fingerprint density at radius 1 is 1.32 bits per heavy atom. The Morgan fingerprint density at radius 3 is 2.82 bits per heavy atom. The van der Waals surface area contributed by atoms with Gasteiger partial charge in [0.15, 0.2) is 5.16 Å². The summed E-state index contributed by atoms with van der Waals surface area (Å²) in [6.45, 7) is 4.69. The lowest BCUT2D eigenvalue weighted by Crippen LogP contribution is -2.19. The molecule has 0 spiro atoms. The number of aromatic nitrogens is 2. The van der Waals surface area contributed by atoms with Crippen LogP contribution in [-0.2, 0) is 12.8 Å². The van der Waals surface area contributed by atoms with Gasteiger partial charge in [-0.1, -0.05) is 37.2 Å². The predicted octanol–water partition coefficient (Wildman–Crippen LogP) is 3.43. The monoisotopic (exact) mass is 318 g/mol. The van der Waals surface area contributed by atoms with Crippen LogP contribution in [0, 0.1) is 0 Å². The van der Waals surface area contributed by atoms with Crippen molar-refractivity contribution in [3.63, 3.8) is 0 Å². The molecule has 0 aliphatic rings. The van der Waals surface area contributed by atoms with E-state index in [2.05, 4.69) is 16.9 Å². The maximum atomic E-state index is 12.4. The van der Waals surface area contributed by atoms with E-state index in [-0.39, 0.29) is 5.56 Å². The Balaban J connectivity index is 2.35. The number of hydrogen-bond donors (Lipinski definition) is 1. The van der Waals surface area contributed by atoms with Gasteiger partial charge in [-0.2, -0.15) is 0 Å². The zero-order valence-corrected chi connectivity index (χ0v) is 14.1. The molecule has 1 heterocycles. The van der Waals surface area contributed by atoms with E-state index in [1.54, 1.807) is 0 Å². The Morgan fingerprint density at radius 2 is 2.14 bits per heavy atom. The lowest BCUT2D eigenvalue weighted by atomic mass is 10.0. The second-order valence-corrected chi connectivity index (χ2v) is 5.80. The molecule has 0 atom stereocenters. The zero-order chi connectivity index (χ0) is 15.9. The molecule has 0 amide bonds. The molecule has 2 aromatic rings. The number of aryl methyl sites for hydroxylation is 1. The van der Waals surface area contributed by atoms with Crippen molar-refractivity contribution in [1.82, 2.24) is 9.97 Å². The van der Waals surface area contributed by atoms with Crippen LogP contribution in [0.5, 0.6) is 5.75 Å². The highest BCUT2D eigenvalue weighted by Gasteiger charge is 2.12. The van der Waals surface area contributed by atoms with Crippen LogP contribution in [0.2, 0.25) is 0 Å². The van der Waals surface area contributed by atoms with Crippen molar-refractivity contribution in [3.8, 4) is 5.75 Å². The Hall–Kier alpha value is -1.75. The van der Waals surface area contributed by atoms with Crippen LogP contribution < -0.4 is 10.3 Å². The highest BCUT2D eigenvalue weighted by atomic mass is 32.2. The van der Waals surface area contributed by atoms with Gasteiger partial charge in [-0.05, 0) is 37.3 Å². The summed E-state index contributed by atoms with van der Waals surface area (Å²) >= 11 is 1.46. The van der Waals surface area contributed by atoms with Crippen LogP contribution in [0.1, 0.15) is 37.1 Å². The minimum atomic E-state index is -0.0374. The molecule has 0 saturated heterocycles. The predicted molar refractivity (Wildman–Crippen MR) is 91.1 cm³/mol. The van der Waals surface area contributed by atoms with Crippen molar-refractivity contribution < 1.29 is 4.74 Å².